The highest BCUT2D eigenvalue weighted by Crippen LogP contribution is 2.23. The third kappa shape index (κ3) is 4.22. The molecule has 0 saturated carbocycles. The maximum Gasteiger partial charge on any atom is 0.251 e. The molecule has 1 N–H and O–H groups in total. The zero-order valence-electron chi connectivity index (χ0n) is 16.0. The van der Waals surface area contributed by atoms with Crippen LogP contribution in [0.15, 0.2) is 47.4 Å². The van der Waals surface area contributed by atoms with Crippen LogP contribution in [0.2, 0.25) is 0 Å². The molecule has 0 bridgehead atoms. The van der Waals surface area contributed by atoms with E-state index in [0.717, 1.165) is 29.5 Å². The van der Waals surface area contributed by atoms with Gasteiger partial charge in [0, 0.05) is 18.7 Å². The Morgan fingerprint density at radius 2 is 1.78 bits per heavy atom. The Bertz CT molecular complexity index is 948. The van der Waals surface area contributed by atoms with E-state index in [9.17, 15) is 13.2 Å². The van der Waals surface area contributed by atoms with E-state index in [1.165, 1.54) is 10.4 Å². The molecule has 0 aromatic heterocycles. The predicted octanol–water partition coefficient (Wildman–Crippen LogP) is 3.58. The van der Waals surface area contributed by atoms with Gasteiger partial charge in [-0.05, 0) is 62.9 Å². The summed E-state index contributed by atoms with van der Waals surface area (Å²) in [4.78, 5) is 12.9. The highest BCUT2D eigenvalue weighted by atomic mass is 32.2. The van der Waals surface area contributed by atoms with E-state index in [2.05, 4.69) is 11.4 Å². The molecule has 0 aliphatic carbocycles. The summed E-state index contributed by atoms with van der Waals surface area (Å²) in [7, 11) is -3.53. The molecule has 1 saturated heterocycles. The van der Waals surface area contributed by atoms with E-state index in [4.69, 9.17) is 0 Å². The maximum atomic E-state index is 12.7. The number of hydrogen-bond donors (Lipinski definition) is 1. The third-order valence-electron chi connectivity index (χ3n) is 5.05. The molecule has 1 aliphatic heterocycles. The number of aryl methyl sites for hydroxylation is 2. The van der Waals surface area contributed by atoms with Crippen LogP contribution in [0.25, 0.3) is 0 Å². The molecule has 1 atom stereocenters. The van der Waals surface area contributed by atoms with Crippen LogP contribution in [-0.2, 0) is 10.0 Å². The lowest BCUT2D eigenvalue weighted by Gasteiger charge is -2.18. The summed E-state index contributed by atoms with van der Waals surface area (Å²) in [5, 5.41) is 2.98. The minimum absolute atomic E-state index is 0.170. The van der Waals surface area contributed by atoms with Gasteiger partial charge < -0.3 is 5.32 Å². The number of sulfonamides is 1. The van der Waals surface area contributed by atoms with Gasteiger partial charge in [-0.15, -0.1) is 0 Å². The molecular weight excluding hydrogens is 360 g/mol. The molecule has 27 heavy (non-hydrogen) atoms. The molecule has 2 aromatic rings. The summed E-state index contributed by atoms with van der Waals surface area (Å²) in [6, 6.07) is 12.3. The van der Waals surface area contributed by atoms with Gasteiger partial charge in [0.15, 0.2) is 0 Å². The number of hydrogen-bond acceptors (Lipinski definition) is 3. The topological polar surface area (TPSA) is 66.5 Å². The molecule has 3 rings (SSSR count). The standard InChI is InChI=1S/C21H26N2O3S/c1-15-9-10-16(2)20(13-15)17(3)22-21(24)18-7-6-8-19(14-18)27(25,26)23-11-4-5-12-23/h6-10,13-14,17H,4-5,11-12H2,1-3H3,(H,22,24)/t17-/m0/s1. The number of benzene rings is 2. The zero-order chi connectivity index (χ0) is 19.6. The Kier molecular flexibility index (Phi) is 5.67. The normalized spacial score (nSPS) is 16.3. The third-order valence-corrected chi connectivity index (χ3v) is 6.94. The average Bonchev–Trinajstić information content (AvgIpc) is 3.19. The van der Waals surface area contributed by atoms with E-state index in [1.54, 1.807) is 18.2 Å². The van der Waals surface area contributed by atoms with Crippen molar-refractivity contribution < 1.29 is 13.2 Å². The van der Waals surface area contributed by atoms with E-state index in [-0.39, 0.29) is 16.8 Å². The van der Waals surface area contributed by atoms with E-state index in [0.29, 0.717) is 18.7 Å². The van der Waals surface area contributed by atoms with Crippen molar-refractivity contribution in [2.45, 2.75) is 44.6 Å². The van der Waals surface area contributed by atoms with Gasteiger partial charge in [0.25, 0.3) is 5.91 Å². The highest BCUT2D eigenvalue weighted by molar-refractivity contribution is 7.89. The number of amides is 1. The van der Waals surface area contributed by atoms with Crippen LogP contribution >= 0.6 is 0 Å². The van der Waals surface area contributed by atoms with Crippen molar-refractivity contribution in [3.05, 3.63) is 64.7 Å². The van der Waals surface area contributed by atoms with Crippen molar-refractivity contribution in [3.8, 4) is 0 Å². The fourth-order valence-corrected chi connectivity index (χ4v) is 5.02. The Morgan fingerprint density at radius 3 is 2.48 bits per heavy atom. The van der Waals surface area contributed by atoms with E-state index >= 15 is 0 Å². The van der Waals surface area contributed by atoms with Crippen molar-refractivity contribution >= 4 is 15.9 Å². The second-order valence-corrected chi connectivity index (χ2v) is 9.13. The average molecular weight is 387 g/mol. The van der Waals surface area contributed by atoms with Gasteiger partial charge >= 0.3 is 0 Å². The molecule has 5 nitrogen and oxygen atoms in total. The maximum absolute atomic E-state index is 12.7. The fourth-order valence-electron chi connectivity index (χ4n) is 3.46. The molecule has 1 aliphatic rings. The van der Waals surface area contributed by atoms with Gasteiger partial charge in [0.1, 0.15) is 0 Å². The molecule has 0 radical (unpaired) electrons. The molecule has 0 unspecified atom stereocenters. The molecule has 2 aromatic carbocycles. The molecular formula is C21H26N2O3S. The monoisotopic (exact) mass is 386 g/mol. The quantitative estimate of drug-likeness (QED) is 0.854. The Balaban J connectivity index is 1.80. The number of carbonyl (C=O) groups excluding carboxylic acids is 1. The first kappa shape index (κ1) is 19.6. The number of nitrogens with one attached hydrogen (secondary N) is 1. The van der Waals surface area contributed by atoms with Crippen LogP contribution in [0.5, 0.6) is 0 Å². The molecule has 1 fully saturated rings. The van der Waals surface area contributed by atoms with Crippen LogP contribution in [0.3, 0.4) is 0 Å². The van der Waals surface area contributed by atoms with Crippen molar-refractivity contribution in [3.63, 3.8) is 0 Å². The largest absolute Gasteiger partial charge is 0.346 e. The second-order valence-electron chi connectivity index (χ2n) is 7.19. The number of carbonyl (C=O) groups is 1. The van der Waals surface area contributed by atoms with Gasteiger partial charge in [-0.25, -0.2) is 8.42 Å². The lowest BCUT2D eigenvalue weighted by atomic mass is 10.00. The van der Waals surface area contributed by atoms with Crippen LogP contribution in [0.1, 0.15) is 52.9 Å². The summed E-state index contributed by atoms with van der Waals surface area (Å²) in [6.45, 7) is 7.06. The predicted molar refractivity (Wildman–Crippen MR) is 106 cm³/mol. The first-order valence-electron chi connectivity index (χ1n) is 9.27. The summed E-state index contributed by atoms with van der Waals surface area (Å²) < 4.78 is 26.9. The molecule has 1 heterocycles. The van der Waals surface area contributed by atoms with Crippen LogP contribution in [0, 0.1) is 13.8 Å². The van der Waals surface area contributed by atoms with Crippen LogP contribution in [0.4, 0.5) is 0 Å². The van der Waals surface area contributed by atoms with Crippen molar-refractivity contribution in [2.24, 2.45) is 0 Å². The minimum atomic E-state index is -3.53. The van der Waals surface area contributed by atoms with Crippen LogP contribution < -0.4 is 5.32 Å². The van der Waals surface area contributed by atoms with Crippen molar-refractivity contribution in [1.29, 1.82) is 0 Å². The van der Waals surface area contributed by atoms with Crippen molar-refractivity contribution in [2.75, 3.05) is 13.1 Å². The summed E-state index contributed by atoms with van der Waals surface area (Å²) in [5.74, 6) is -0.276. The zero-order valence-corrected chi connectivity index (χ0v) is 16.8. The summed E-state index contributed by atoms with van der Waals surface area (Å²) >= 11 is 0. The van der Waals surface area contributed by atoms with Gasteiger partial charge in [0.2, 0.25) is 10.0 Å². The van der Waals surface area contributed by atoms with Crippen molar-refractivity contribution in [1.82, 2.24) is 9.62 Å². The molecule has 144 valence electrons. The summed E-state index contributed by atoms with van der Waals surface area (Å²) in [6.07, 6.45) is 1.76. The van der Waals surface area contributed by atoms with Gasteiger partial charge in [-0.3, -0.25) is 4.79 Å². The highest BCUT2D eigenvalue weighted by Gasteiger charge is 2.27. The fraction of sp³-hybridized carbons (Fsp3) is 0.381. The van der Waals surface area contributed by atoms with Gasteiger partial charge in [0.05, 0.1) is 10.9 Å². The van der Waals surface area contributed by atoms with Gasteiger partial charge in [-0.1, -0.05) is 29.8 Å². The second kappa shape index (κ2) is 7.82. The Labute approximate surface area is 161 Å². The Morgan fingerprint density at radius 1 is 1.07 bits per heavy atom. The van der Waals surface area contributed by atoms with Gasteiger partial charge in [-0.2, -0.15) is 4.31 Å². The lowest BCUT2D eigenvalue weighted by Crippen LogP contribution is -2.29. The van der Waals surface area contributed by atoms with E-state index in [1.807, 2.05) is 32.9 Å². The van der Waals surface area contributed by atoms with Crippen LogP contribution in [-0.4, -0.2) is 31.7 Å². The number of nitrogens with zero attached hydrogens (tertiary/aromatic N) is 1. The lowest BCUT2D eigenvalue weighted by molar-refractivity contribution is 0.0939. The minimum Gasteiger partial charge on any atom is -0.346 e. The SMILES string of the molecule is Cc1ccc(C)c([C@H](C)NC(=O)c2cccc(S(=O)(=O)N3CCCC3)c2)c1. The number of rotatable bonds is 5. The smallest absolute Gasteiger partial charge is 0.251 e. The Hall–Kier alpha value is -2.18. The first-order valence-corrected chi connectivity index (χ1v) is 10.7. The first-order chi connectivity index (χ1) is 12.8. The molecule has 1 amide bonds. The van der Waals surface area contributed by atoms with E-state index < -0.39 is 10.0 Å². The molecule has 0 spiro atoms. The summed E-state index contributed by atoms with van der Waals surface area (Å²) in [5.41, 5.74) is 3.66. The molecule has 6 heteroatoms.